The second kappa shape index (κ2) is 6.57. The Bertz CT molecular complexity index is 608. The standard InChI is InChI=1S/C16H16BrNO2/c1-11-3-6-13(9-15(11)17)16(19)18-10-12-4-7-14(20-2)8-5-12/h3-9H,10H2,1-2H3,(H,18,19). The molecule has 2 aromatic rings. The third kappa shape index (κ3) is 3.61. The summed E-state index contributed by atoms with van der Waals surface area (Å²) in [7, 11) is 1.63. The zero-order valence-electron chi connectivity index (χ0n) is 11.4. The van der Waals surface area contributed by atoms with Gasteiger partial charge in [0.25, 0.3) is 5.91 Å². The monoisotopic (exact) mass is 333 g/mol. The van der Waals surface area contributed by atoms with Crippen LogP contribution in [-0.4, -0.2) is 13.0 Å². The van der Waals surface area contributed by atoms with Gasteiger partial charge in [0.1, 0.15) is 5.75 Å². The van der Waals surface area contributed by atoms with E-state index in [0.717, 1.165) is 21.3 Å². The number of ether oxygens (including phenoxy) is 1. The summed E-state index contributed by atoms with van der Waals surface area (Å²) < 4.78 is 6.04. The Hall–Kier alpha value is -1.81. The fourth-order valence-corrected chi connectivity index (χ4v) is 2.14. The van der Waals surface area contributed by atoms with Gasteiger partial charge < -0.3 is 10.1 Å². The molecule has 2 aromatic carbocycles. The number of halogens is 1. The molecule has 0 aliphatic rings. The molecule has 104 valence electrons. The summed E-state index contributed by atoms with van der Waals surface area (Å²) in [6.45, 7) is 2.48. The van der Waals surface area contributed by atoms with Gasteiger partial charge in [-0.15, -0.1) is 0 Å². The average Bonchev–Trinajstić information content (AvgIpc) is 2.48. The zero-order chi connectivity index (χ0) is 14.5. The number of hydrogen-bond donors (Lipinski definition) is 1. The van der Waals surface area contributed by atoms with E-state index in [9.17, 15) is 4.79 Å². The van der Waals surface area contributed by atoms with Crippen LogP contribution in [0.25, 0.3) is 0 Å². The van der Waals surface area contributed by atoms with Crippen molar-refractivity contribution in [3.05, 3.63) is 63.6 Å². The normalized spacial score (nSPS) is 10.2. The fraction of sp³-hybridized carbons (Fsp3) is 0.188. The molecule has 1 amide bonds. The van der Waals surface area contributed by atoms with Crippen LogP contribution in [-0.2, 0) is 6.54 Å². The first-order valence-electron chi connectivity index (χ1n) is 6.27. The molecule has 0 unspecified atom stereocenters. The van der Waals surface area contributed by atoms with Gasteiger partial charge in [-0.25, -0.2) is 0 Å². The highest BCUT2D eigenvalue weighted by molar-refractivity contribution is 9.10. The third-order valence-electron chi connectivity index (χ3n) is 3.05. The highest BCUT2D eigenvalue weighted by Gasteiger charge is 2.06. The number of amides is 1. The van der Waals surface area contributed by atoms with Crippen molar-refractivity contribution in [1.82, 2.24) is 5.32 Å². The first-order chi connectivity index (χ1) is 9.60. The third-order valence-corrected chi connectivity index (χ3v) is 3.90. The molecule has 0 aromatic heterocycles. The summed E-state index contributed by atoms with van der Waals surface area (Å²) in [4.78, 5) is 12.0. The van der Waals surface area contributed by atoms with Crippen molar-refractivity contribution in [1.29, 1.82) is 0 Å². The van der Waals surface area contributed by atoms with Crippen LogP contribution in [0, 0.1) is 6.92 Å². The van der Waals surface area contributed by atoms with E-state index in [0.29, 0.717) is 12.1 Å². The Balaban J connectivity index is 1.98. The van der Waals surface area contributed by atoms with E-state index >= 15 is 0 Å². The topological polar surface area (TPSA) is 38.3 Å². The van der Waals surface area contributed by atoms with E-state index in [1.807, 2.05) is 49.4 Å². The minimum absolute atomic E-state index is 0.0819. The van der Waals surface area contributed by atoms with Crippen molar-refractivity contribution in [2.75, 3.05) is 7.11 Å². The van der Waals surface area contributed by atoms with Crippen LogP contribution in [0.2, 0.25) is 0 Å². The van der Waals surface area contributed by atoms with Crippen LogP contribution in [0.15, 0.2) is 46.9 Å². The number of benzene rings is 2. The fourth-order valence-electron chi connectivity index (χ4n) is 1.76. The van der Waals surface area contributed by atoms with E-state index in [1.54, 1.807) is 7.11 Å². The summed E-state index contributed by atoms with van der Waals surface area (Å²) in [5.74, 6) is 0.726. The molecule has 0 heterocycles. The smallest absolute Gasteiger partial charge is 0.251 e. The van der Waals surface area contributed by atoms with Gasteiger partial charge in [0, 0.05) is 16.6 Å². The van der Waals surface area contributed by atoms with E-state index in [2.05, 4.69) is 21.2 Å². The highest BCUT2D eigenvalue weighted by Crippen LogP contribution is 2.17. The summed E-state index contributed by atoms with van der Waals surface area (Å²) in [6.07, 6.45) is 0. The number of aryl methyl sites for hydroxylation is 1. The quantitative estimate of drug-likeness (QED) is 0.926. The van der Waals surface area contributed by atoms with Crippen molar-refractivity contribution >= 4 is 21.8 Å². The molecule has 4 heteroatoms. The number of nitrogens with one attached hydrogen (secondary N) is 1. The van der Waals surface area contributed by atoms with Crippen LogP contribution in [0.5, 0.6) is 5.75 Å². The molecule has 0 radical (unpaired) electrons. The summed E-state index contributed by atoms with van der Waals surface area (Å²) in [6, 6.07) is 13.2. The molecule has 0 saturated heterocycles. The molecule has 3 nitrogen and oxygen atoms in total. The van der Waals surface area contributed by atoms with Gasteiger partial charge >= 0.3 is 0 Å². The predicted molar refractivity (Wildman–Crippen MR) is 83.0 cm³/mol. The van der Waals surface area contributed by atoms with Crippen molar-refractivity contribution in [3.8, 4) is 5.75 Å². The van der Waals surface area contributed by atoms with Gasteiger partial charge in [0.05, 0.1) is 7.11 Å². The van der Waals surface area contributed by atoms with Crippen LogP contribution in [0.3, 0.4) is 0 Å². The Labute approximate surface area is 127 Å². The molecule has 1 N–H and O–H groups in total. The molecule has 0 spiro atoms. The number of carbonyl (C=O) groups is 1. The molecule has 0 bridgehead atoms. The van der Waals surface area contributed by atoms with Crippen LogP contribution < -0.4 is 10.1 Å². The number of carbonyl (C=O) groups excluding carboxylic acids is 1. The molecule has 0 fully saturated rings. The Morgan fingerprint density at radius 2 is 1.90 bits per heavy atom. The van der Waals surface area contributed by atoms with Gasteiger partial charge in [0.15, 0.2) is 0 Å². The molecule has 0 saturated carbocycles. The molecule has 0 atom stereocenters. The van der Waals surface area contributed by atoms with Crippen molar-refractivity contribution in [2.45, 2.75) is 13.5 Å². The molecule has 0 aliphatic heterocycles. The maximum Gasteiger partial charge on any atom is 0.251 e. The molecule has 20 heavy (non-hydrogen) atoms. The Kier molecular flexibility index (Phi) is 4.79. The molecule has 0 aliphatic carbocycles. The first-order valence-corrected chi connectivity index (χ1v) is 7.06. The maximum atomic E-state index is 12.0. The van der Waals surface area contributed by atoms with Crippen LogP contribution in [0.1, 0.15) is 21.5 Å². The van der Waals surface area contributed by atoms with Gasteiger partial charge in [-0.1, -0.05) is 34.1 Å². The second-order valence-corrected chi connectivity index (χ2v) is 5.35. The van der Waals surface area contributed by atoms with E-state index in [4.69, 9.17) is 4.74 Å². The number of methoxy groups -OCH3 is 1. The Morgan fingerprint density at radius 3 is 2.50 bits per heavy atom. The lowest BCUT2D eigenvalue weighted by Gasteiger charge is -2.07. The molecule has 2 rings (SSSR count). The molecular weight excluding hydrogens is 318 g/mol. The van der Waals surface area contributed by atoms with Crippen LogP contribution >= 0.6 is 15.9 Å². The SMILES string of the molecule is COc1ccc(CNC(=O)c2ccc(C)c(Br)c2)cc1. The maximum absolute atomic E-state index is 12.0. The largest absolute Gasteiger partial charge is 0.497 e. The first kappa shape index (κ1) is 14.6. The van der Waals surface area contributed by atoms with Crippen molar-refractivity contribution < 1.29 is 9.53 Å². The lowest BCUT2D eigenvalue weighted by molar-refractivity contribution is 0.0951. The lowest BCUT2D eigenvalue weighted by Crippen LogP contribution is -2.22. The average molecular weight is 334 g/mol. The second-order valence-electron chi connectivity index (χ2n) is 4.49. The predicted octanol–water partition coefficient (Wildman–Crippen LogP) is 3.70. The van der Waals surface area contributed by atoms with Crippen molar-refractivity contribution in [2.24, 2.45) is 0 Å². The Morgan fingerprint density at radius 1 is 1.20 bits per heavy atom. The van der Waals surface area contributed by atoms with Gasteiger partial charge in [-0.3, -0.25) is 4.79 Å². The van der Waals surface area contributed by atoms with Gasteiger partial charge in [-0.05, 0) is 42.3 Å². The lowest BCUT2D eigenvalue weighted by atomic mass is 10.1. The highest BCUT2D eigenvalue weighted by atomic mass is 79.9. The summed E-state index contributed by atoms with van der Waals surface area (Å²) in [5, 5.41) is 2.90. The van der Waals surface area contributed by atoms with Gasteiger partial charge in [0.2, 0.25) is 0 Å². The van der Waals surface area contributed by atoms with Gasteiger partial charge in [-0.2, -0.15) is 0 Å². The van der Waals surface area contributed by atoms with Crippen molar-refractivity contribution in [3.63, 3.8) is 0 Å². The number of hydrogen-bond acceptors (Lipinski definition) is 2. The molecular formula is C16H16BrNO2. The van der Waals surface area contributed by atoms with E-state index in [-0.39, 0.29) is 5.91 Å². The van der Waals surface area contributed by atoms with E-state index in [1.165, 1.54) is 0 Å². The minimum Gasteiger partial charge on any atom is -0.497 e. The summed E-state index contributed by atoms with van der Waals surface area (Å²) in [5.41, 5.74) is 2.79. The number of rotatable bonds is 4. The summed E-state index contributed by atoms with van der Waals surface area (Å²) >= 11 is 3.43. The zero-order valence-corrected chi connectivity index (χ0v) is 13.0. The minimum atomic E-state index is -0.0819. The van der Waals surface area contributed by atoms with E-state index < -0.39 is 0 Å². The van der Waals surface area contributed by atoms with Crippen LogP contribution in [0.4, 0.5) is 0 Å².